The van der Waals surface area contributed by atoms with E-state index in [2.05, 4.69) is 238 Å². The minimum Gasteiger partial charge on any atom is -0.456 e. The summed E-state index contributed by atoms with van der Waals surface area (Å²) in [6, 6.07) is 64.9. The van der Waals surface area contributed by atoms with Crippen LogP contribution in [0.15, 0.2) is 220 Å². The number of fused-ring (bicyclic) bond motifs is 13. The van der Waals surface area contributed by atoms with Crippen LogP contribution < -0.4 is 9.80 Å². The van der Waals surface area contributed by atoms with Crippen LogP contribution in [-0.2, 0) is 10.8 Å². The van der Waals surface area contributed by atoms with E-state index < -0.39 is 0 Å². The van der Waals surface area contributed by atoms with Crippen molar-refractivity contribution in [1.29, 1.82) is 0 Å². The van der Waals surface area contributed by atoms with E-state index in [0.717, 1.165) is 78.0 Å². The van der Waals surface area contributed by atoms with Gasteiger partial charge in [0.15, 0.2) is 0 Å². The van der Waals surface area contributed by atoms with Gasteiger partial charge in [-0.15, -0.1) is 0 Å². The van der Waals surface area contributed by atoms with Gasteiger partial charge in [0.25, 0.3) is 0 Å². The summed E-state index contributed by atoms with van der Waals surface area (Å²) in [5.74, 6) is 0.000882. The molecule has 0 saturated carbocycles. The fourth-order valence-corrected chi connectivity index (χ4v) is 11.5. The Morgan fingerprint density at radius 1 is 0.462 bits per heavy atom. The zero-order valence-electron chi connectivity index (χ0n) is 36.8. The van der Waals surface area contributed by atoms with Gasteiger partial charge in [0.05, 0.1) is 22.1 Å². The Labute approximate surface area is 378 Å². The van der Waals surface area contributed by atoms with Crippen LogP contribution in [-0.4, -0.2) is 0 Å². The molecule has 2 aromatic heterocycles. The lowest BCUT2D eigenvalue weighted by atomic mass is 9.79. The molecule has 3 aliphatic rings. The van der Waals surface area contributed by atoms with Crippen LogP contribution >= 0.6 is 0 Å². The van der Waals surface area contributed by atoms with Gasteiger partial charge in [0, 0.05) is 61.4 Å². The Hall–Kier alpha value is -7.82. The molecule has 10 aromatic rings. The van der Waals surface area contributed by atoms with Crippen molar-refractivity contribution < 1.29 is 8.83 Å². The molecule has 3 aliphatic carbocycles. The van der Waals surface area contributed by atoms with Crippen molar-refractivity contribution in [2.75, 3.05) is 9.80 Å². The Kier molecular flexibility index (Phi) is 8.03. The van der Waals surface area contributed by atoms with Crippen molar-refractivity contribution in [3.8, 4) is 0 Å². The van der Waals surface area contributed by atoms with Gasteiger partial charge in [-0.1, -0.05) is 155 Å². The van der Waals surface area contributed by atoms with Crippen LogP contribution in [0.5, 0.6) is 0 Å². The third kappa shape index (κ3) is 5.37. The molecule has 8 aromatic carbocycles. The number of rotatable bonds is 6. The van der Waals surface area contributed by atoms with Gasteiger partial charge < -0.3 is 18.6 Å². The molecule has 4 heteroatoms. The van der Waals surface area contributed by atoms with Crippen LogP contribution in [0.4, 0.5) is 34.1 Å². The summed E-state index contributed by atoms with van der Waals surface area (Å²) >= 11 is 0. The van der Waals surface area contributed by atoms with E-state index in [1.807, 2.05) is 0 Å². The van der Waals surface area contributed by atoms with Crippen LogP contribution in [0.1, 0.15) is 55.9 Å². The molecule has 2 heterocycles. The van der Waals surface area contributed by atoms with E-state index in [9.17, 15) is 0 Å². The third-order valence-corrected chi connectivity index (χ3v) is 14.5. The Balaban J connectivity index is 1.07. The lowest BCUT2D eigenvalue weighted by Crippen LogP contribution is -2.18. The molecule has 13 rings (SSSR count). The topological polar surface area (TPSA) is 32.8 Å². The molecule has 1 unspecified atom stereocenters. The maximum atomic E-state index is 7.15. The molecule has 312 valence electrons. The molecule has 0 bridgehead atoms. The average molecular weight is 839 g/mol. The van der Waals surface area contributed by atoms with Gasteiger partial charge in [0.2, 0.25) is 0 Å². The zero-order chi connectivity index (χ0) is 43.6. The molecule has 4 nitrogen and oxygen atoms in total. The number of hydrogen-bond acceptors (Lipinski definition) is 4. The largest absolute Gasteiger partial charge is 0.456 e. The highest BCUT2D eigenvalue weighted by Crippen LogP contribution is 2.62. The summed E-state index contributed by atoms with van der Waals surface area (Å²) in [5.41, 5.74) is 18.4. The third-order valence-electron chi connectivity index (χ3n) is 14.5. The number of para-hydroxylation sites is 6. The molecule has 0 fully saturated rings. The van der Waals surface area contributed by atoms with E-state index in [1.165, 1.54) is 39.0 Å². The Bertz CT molecular complexity index is 3570. The molecular formula is C61H46N2O2. The van der Waals surface area contributed by atoms with E-state index in [1.54, 1.807) is 0 Å². The predicted molar refractivity (Wildman–Crippen MR) is 270 cm³/mol. The van der Waals surface area contributed by atoms with Crippen molar-refractivity contribution in [3.05, 3.63) is 234 Å². The lowest BCUT2D eigenvalue weighted by Gasteiger charge is -2.29. The zero-order valence-corrected chi connectivity index (χ0v) is 36.8. The van der Waals surface area contributed by atoms with Crippen LogP contribution in [0, 0.1) is 0 Å². The molecule has 65 heavy (non-hydrogen) atoms. The second-order valence-corrected chi connectivity index (χ2v) is 18.8. The first-order valence-corrected chi connectivity index (χ1v) is 22.7. The van der Waals surface area contributed by atoms with Gasteiger partial charge in [-0.05, 0) is 101 Å². The highest BCUT2D eigenvalue weighted by molar-refractivity contribution is 6.19. The Morgan fingerprint density at radius 2 is 0.892 bits per heavy atom. The molecule has 0 amide bonds. The van der Waals surface area contributed by atoms with Crippen molar-refractivity contribution in [2.45, 2.75) is 44.4 Å². The summed E-state index contributed by atoms with van der Waals surface area (Å²) < 4.78 is 14.3. The van der Waals surface area contributed by atoms with Gasteiger partial charge in [-0.25, -0.2) is 0 Å². The maximum absolute atomic E-state index is 7.15. The van der Waals surface area contributed by atoms with E-state index in [4.69, 9.17) is 8.83 Å². The fourth-order valence-electron chi connectivity index (χ4n) is 11.5. The predicted octanol–water partition coefficient (Wildman–Crippen LogP) is 17.0. The van der Waals surface area contributed by atoms with E-state index in [0.29, 0.717) is 0 Å². The van der Waals surface area contributed by atoms with Gasteiger partial charge in [-0.2, -0.15) is 0 Å². The first-order chi connectivity index (χ1) is 31.8. The van der Waals surface area contributed by atoms with Gasteiger partial charge in [-0.3, -0.25) is 0 Å². The lowest BCUT2D eigenvalue weighted by molar-refractivity contribution is 0.634. The minimum absolute atomic E-state index is 0.000882. The smallest absolute Gasteiger partial charge is 0.145 e. The van der Waals surface area contributed by atoms with Crippen molar-refractivity contribution in [2.24, 2.45) is 0 Å². The van der Waals surface area contributed by atoms with E-state index in [-0.39, 0.29) is 16.7 Å². The number of anilines is 6. The molecular weight excluding hydrogens is 793 g/mol. The Morgan fingerprint density at radius 3 is 1.40 bits per heavy atom. The second-order valence-electron chi connectivity index (χ2n) is 18.8. The van der Waals surface area contributed by atoms with Crippen molar-refractivity contribution >= 4 is 83.6 Å². The quantitative estimate of drug-likeness (QED) is 0.167. The highest BCUT2D eigenvalue weighted by Gasteiger charge is 2.48. The molecule has 0 radical (unpaired) electrons. The minimum atomic E-state index is -0.356. The molecule has 0 aliphatic heterocycles. The van der Waals surface area contributed by atoms with Crippen molar-refractivity contribution in [1.82, 2.24) is 0 Å². The molecule has 1 atom stereocenters. The molecule has 0 saturated heterocycles. The van der Waals surface area contributed by atoms with Crippen LogP contribution in [0.3, 0.4) is 0 Å². The normalized spacial score (nSPS) is 16.7. The summed E-state index contributed by atoms with van der Waals surface area (Å²) in [4.78, 5) is 4.80. The number of furan rings is 2. The summed E-state index contributed by atoms with van der Waals surface area (Å²) in [6.45, 7) is 9.58. The average Bonchev–Trinajstić information content (AvgIpc) is 3.98. The second kappa shape index (κ2) is 13.8. The molecule has 0 N–H and O–H groups in total. The number of hydrogen-bond donors (Lipinski definition) is 0. The monoisotopic (exact) mass is 838 g/mol. The van der Waals surface area contributed by atoms with Gasteiger partial charge in [0.1, 0.15) is 22.3 Å². The van der Waals surface area contributed by atoms with Crippen molar-refractivity contribution in [3.63, 3.8) is 0 Å². The standard InChI is InChI=1S/C61H46N2O2/c1-60(2)46-34-33-42-47(35-45(46)55-49(60)37-51(57-44-30-18-20-32-53(44)65-59(55)57)63(40-25-13-7-14-26-40)41-27-15-8-16-28-41)61(3,4)48-36-50(56-43-29-17-19-31-52(43)64-58(56)54(42)48)62(38-21-9-5-10-22-38)39-23-11-6-12-24-39/h5-37,42H,1-4H3. The van der Waals surface area contributed by atoms with E-state index >= 15 is 0 Å². The SMILES string of the molecule is CC1(C)C2=C(C=C3C(C=C2)c2c(cc(N(c4ccccc4)c4ccccc4)c4c2oc2ccccc24)C3(C)C)c2c1cc(N(c1ccccc1)c1ccccc1)c1c2oc2ccccc21. The summed E-state index contributed by atoms with van der Waals surface area (Å²) in [5, 5.41) is 4.47. The first kappa shape index (κ1) is 37.7. The number of nitrogens with zero attached hydrogens (tertiary/aromatic N) is 2. The summed E-state index contributed by atoms with van der Waals surface area (Å²) in [7, 11) is 0. The highest BCUT2D eigenvalue weighted by atomic mass is 16.3. The number of benzene rings is 8. The molecule has 0 spiro atoms. The fraction of sp³-hybridized carbons (Fsp3) is 0.115. The first-order valence-electron chi connectivity index (χ1n) is 22.7. The summed E-state index contributed by atoms with van der Waals surface area (Å²) in [6.07, 6.45) is 7.43. The van der Waals surface area contributed by atoms with Crippen LogP contribution in [0.25, 0.3) is 49.5 Å². The maximum Gasteiger partial charge on any atom is 0.145 e. The van der Waals surface area contributed by atoms with Crippen LogP contribution in [0.2, 0.25) is 0 Å². The van der Waals surface area contributed by atoms with Gasteiger partial charge >= 0.3 is 0 Å². The number of allylic oxidation sites excluding steroid dienone is 6.